The van der Waals surface area contributed by atoms with E-state index < -0.39 is 5.91 Å². The molecule has 0 aliphatic carbocycles. The van der Waals surface area contributed by atoms with Crippen LogP contribution < -0.4 is 14.3 Å². The molecule has 0 aliphatic rings. The van der Waals surface area contributed by atoms with Crippen molar-refractivity contribution in [2.24, 2.45) is 4.99 Å². The summed E-state index contributed by atoms with van der Waals surface area (Å²) < 4.78 is 12.6. The summed E-state index contributed by atoms with van der Waals surface area (Å²) in [6, 6.07) is 20.2. The molecule has 1 aromatic heterocycles. The van der Waals surface area contributed by atoms with Gasteiger partial charge in [0.25, 0.3) is 11.8 Å². The molecule has 0 N–H and O–H groups in total. The fourth-order valence-corrected chi connectivity index (χ4v) is 5.19. The molecule has 0 atom stereocenters. The summed E-state index contributed by atoms with van der Waals surface area (Å²) in [4.78, 5) is 33.6. The van der Waals surface area contributed by atoms with E-state index in [1.807, 2.05) is 60.2 Å². The Morgan fingerprint density at radius 3 is 2.49 bits per heavy atom. The van der Waals surface area contributed by atoms with Gasteiger partial charge in [-0.05, 0) is 60.9 Å². The Balaban J connectivity index is 1.47. The highest BCUT2D eigenvalue weighted by molar-refractivity contribution is 7.09. The quantitative estimate of drug-likeness (QED) is 0.264. The number of ether oxygens (including phenoxy) is 2. The van der Waals surface area contributed by atoms with E-state index in [1.165, 1.54) is 11.3 Å². The van der Waals surface area contributed by atoms with Crippen LogP contribution in [0.5, 0.6) is 11.5 Å². The third kappa shape index (κ3) is 6.96. The van der Waals surface area contributed by atoms with Crippen molar-refractivity contribution in [3.8, 4) is 11.5 Å². The van der Waals surface area contributed by atoms with Crippen molar-refractivity contribution in [3.63, 3.8) is 0 Å². The average molecular weight is 564 g/mol. The molecule has 0 bridgehead atoms. The second-order valence-electron chi connectivity index (χ2n) is 9.02. The highest BCUT2D eigenvalue weighted by Gasteiger charge is 2.14. The Bertz CT molecular complexity index is 1560. The van der Waals surface area contributed by atoms with Crippen LogP contribution in [0.2, 0.25) is 5.02 Å². The number of halogens is 1. The Morgan fingerprint density at radius 2 is 1.74 bits per heavy atom. The molecule has 39 heavy (non-hydrogen) atoms. The van der Waals surface area contributed by atoms with Crippen molar-refractivity contribution >= 4 is 34.8 Å². The first-order valence-electron chi connectivity index (χ1n) is 12.3. The zero-order chi connectivity index (χ0) is 27.9. The first-order valence-corrected chi connectivity index (χ1v) is 13.5. The fraction of sp³-hybridized carbons (Fsp3) is 0.233. The number of thiazole rings is 1. The number of benzene rings is 3. The van der Waals surface area contributed by atoms with Gasteiger partial charge in [0, 0.05) is 36.8 Å². The molecule has 0 spiro atoms. The van der Waals surface area contributed by atoms with Crippen molar-refractivity contribution in [1.29, 1.82) is 0 Å². The topological polar surface area (TPSA) is 73.1 Å². The van der Waals surface area contributed by atoms with Crippen molar-refractivity contribution < 1.29 is 19.1 Å². The fourth-order valence-electron chi connectivity index (χ4n) is 4.14. The number of rotatable bonds is 9. The van der Waals surface area contributed by atoms with Gasteiger partial charge in [-0.25, -0.2) is 0 Å². The second kappa shape index (κ2) is 12.8. The summed E-state index contributed by atoms with van der Waals surface area (Å²) in [5, 5.41) is 0.368. The van der Waals surface area contributed by atoms with Crippen LogP contribution in [-0.4, -0.2) is 49.1 Å². The van der Waals surface area contributed by atoms with Gasteiger partial charge in [0.2, 0.25) is 0 Å². The molecule has 0 radical (unpaired) electrons. The number of methoxy groups -OCH3 is 2. The number of hydrogen-bond donors (Lipinski definition) is 0. The third-order valence-electron chi connectivity index (χ3n) is 6.19. The first kappa shape index (κ1) is 28.1. The van der Waals surface area contributed by atoms with Gasteiger partial charge in [0.15, 0.2) is 16.3 Å². The van der Waals surface area contributed by atoms with Crippen LogP contribution >= 0.6 is 22.9 Å². The molecule has 4 rings (SSSR count). The van der Waals surface area contributed by atoms with Crippen molar-refractivity contribution in [1.82, 2.24) is 9.47 Å². The molecular formula is C30H30ClN3O4S. The molecule has 0 unspecified atom stereocenters. The molecule has 0 saturated heterocycles. The van der Waals surface area contributed by atoms with Crippen LogP contribution in [0.3, 0.4) is 0 Å². The number of likely N-dealkylation sites (N-methyl/N-ethyl adjacent to an activating group) is 1. The van der Waals surface area contributed by atoms with Crippen LogP contribution in [0.1, 0.15) is 36.7 Å². The predicted octanol–water partition coefficient (Wildman–Crippen LogP) is 5.63. The minimum absolute atomic E-state index is 0.0670. The van der Waals surface area contributed by atoms with E-state index >= 15 is 0 Å². The Labute approximate surface area is 236 Å². The Kier molecular flexibility index (Phi) is 9.22. The van der Waals surface area contributed by atoms with Crippen LogP contribution in [0.25, 0.3) is 0 Å². The molecule has 202 valence electrons. The summed E-state index contributed by atoms with van der Waals surface area (Å²) >= 11 is 7.61. The van der Waals surface area contributed by atoms with Crippen molar-refractivity contribution in [2.75, 3.05) is 27.8 Å². The molecule has 2 amide bonds. The lowest BCUT2D eigenvalue weighted by Gasteiger charge is -2.18. The summed E-state index contributed by atoms with van der Waals surface area (Å²) in [5.74, 6) is 0.877. The van der Waals surface area contributed by atoms with E-state index in [1.54, 1.807) is 50.4 Å². The predicted molar refractivity (Wildman–Crippen MR) is 154 cm³/mol. The van der Waals surface area contributed by atoms with Gasteiger partial charge >= 0.3 is 0 Å². The Morgan fingerprint density at radius 1 is 0.974 bits per heavy atom. The van der Waals surface area contributed by atoms with Crippen LogP contribution in [0.4, 0.5) is 0 Å². The molecule has 0 aliphatic heterocycles. The van der Waals surface area contributed by atoms with Gasteiger partial charge in [0.1, 0.15) is 0 Å². The molecule has 7 nitrogen and oxygen atoms in total. The lowest BCUT2D eigenvalue weighted by Crippen LogP contribution is -2.29. The Hall–Kier alpha value is -3.88. The van der Waals surface area contributed by atoms with E-state index in [0.717, 1.165) is 16.0 Å². The van der Waals surface area contributed by atoms with E-state index in [4.69, 9.17) is 21.1 Å². The number of aryl methyl sites for hydroxylation is 1. The van der Waals surface area contributed by atoms with Crippen LogP contribution in [0.15, 0.2) is 77.9 Å². The molecule has 0 fully saturated rings. The van der Waals surface area contributed by atoms with E-state index in [0.29, 0.717) is 52.0 Å². The lowest BCUT2D eigenvalue weighted by atomic mass is 10.1. The maximum absolute atomic E-state index is 13.2. The standard InChI is InChI=1S/C30H30ClN3O4S/c1-20-18-34(30(39-20)32-28(35)24-10-5-6-11-25(24)31)19-22-8-7-9-23(16-22)29(36)33(2)15-14-21-12-13-26(37-3)27(17-21)38-4/h5-13,16-18H,14-15,19H2,1-4H3. The number of nitrogens with zero attached hydrogens (tertiary/aromatic N) is 3. The van der Waals surface area contributed by atoms with Gasteiger partial charge in [-0.3, -0.25) is 9.59 Å². The number of carbonyl (C=O) groups excluding carboxylic acids is 2. The molecule has 0 saturated carbocycles. The van der Waals surface area contributed by atoms with Gasteiger partial charge in [-0.1, -0.05) is 41.9 Å². The molecule has 9 heteroatoms. The van der Waals surface area contributed by atoms with Crippen LogP contribution in [0, 0.1) is 6.92 Å². The summed E-state index contributed by atoms with van der Waals surface area (Å²) in [5.41, 5.74) is 2.94. The van der Waals surface area contributed by atoms with E-state index in [-0.39, 0.29) is 5.91 Å². The minimum atomic E-state index is -0.392. The lowest BCUT2D eigenvalue weighted by molar-refractivity contribution is 0.0796. The zero-order valence-electron chi connectivity index (χ0n) is 22.3. The van der Waals surface area contributed by atoms with Crippen molar-refractivity contribution in [2.45, 2.75) is 19.9 Å². The highest BCUT2D eigenvalue weighted by atomic mass is 35.5. The molecule has 4 aromatic rings. The van der Waals surface area contributed by atoms with Gasteiger partial charge in [0.05, 0.1) is 24.8 Å². The summed E-state index contributed by atoms with van der Waals surface area (Å²) in [6.07, 6.45) is 2.63. The highest BCUT2D eigenvalue weighted by Crippen LogP contribution is 2.27. The molecular weight excluding hydrogens is 534 g/mol. The monoisotopic (exact) mass is 563 g/mol. The zero-order valence-corrected chi connectivity index (χ0v) is 23.9. The second-order valence-corrected chi connectivity index (χ2v) is 10.6. The maximum Gasteiger partial charge on any atom is 0.281 e. The number of carbonyl (C=O) groups is 2. The van der Waals surface area contributed by atoms with E-state index in [2.05, 4.69) is 4.99 Å². The number of amides is 2. The average Bonchev–Trinajstić information content (AvgIpc) is 3.28. The first-order chi connectivity index (χ1) is 18.8. The molecule has 3 aromatic carbocycles. The SMILES string of the molecule is COc1ccc(CCN(C)C(=O)c2cccc(Cn3cc(C)sc3=NC(=O)c3ccccc3Cl)c2)cc1OC. The summed E-state index contributed by atoms with van der Waals surface area (Å²) in [6.45, 7) is 2.98. The maximum atomic E-state index is 13.2. The summed E-state index contributed by atoms with van der Waals surface area (Å²) in [7, 11) is 5.00. The normalized spacial score (nSPS) is 11.4. The number of hydrogen-bond acceptors (Lipinski definition) is 5. The van der Waals surface area contributed by atoms with E-state index in [9.17, 15) is 9.59 Å². The largest absolute Gasteiger partial charge is 0.493 e. The molecule has 1 heterocycles. The third-order valence-corrected chi connectivity index (χ3v) is 7.46. The number of aromatic nitrogens is 1. The van der Waals surface area contributed by atoms with Gasteiger partial charge in [-0.2, -0.15) is 4.99 Å². The van der Waals surface area contributed by atoms with Crippen molar-refractivity contribution in [3.05, 3.63) is 110 Å². The smallest absolute Gasteiger partial charge is 0.281 e. The van der Waals surface area contributed by atoms with Crippen LogP contribution in [-0.2, 0) is 13.0 Å². The van der Waals surface area contributed by atoms with Gasteiger partial charge in [-0.15, -0.1) is 11.3 Å². The van der Waals surface area contributed by atoms with Gasteiger partial charge < -0.3 is 18.9 Å². The minimum Gasteiger partial charge on any atom is -0.493 e.